The van der Waals surface area contributed by atoms with E-state index in [0.29, 0.717) is 22.6 Å². The van der Waals surface area contributed by atoms with Gasteiger partial charge in [-0.25, -0.2) is 4.79 Å². The standard InChI is InChI=1S/C22H21NO4/c1-14-17(22(25)26-3)11-7-12-19(14)23-21(24)15(2)27-20-13-6-9-16-8-4-5-10-18(16)20/h4-13,15H,1-3H3,(H,23,24)/t15-/m0/s1. The van der Waals surface area contributed by atoms with Gasteiger partial charge in [-0.15, -0.1) is 0 Å². The number of carbonyl (C=O) groups excluding carboxylic acids is 2. The first-order chi connectivity index (χ1) is 13.0. The molecule has 1 amide bonds. The van der Waals surface area contributed by atoms with E-state index in [-0.39, 0.29) is 5.91 Å². The number of anilines is 1. The monoisotopic (exact) mass is 363 g/mol. The Morgan fingerprint density at radius 1 is 0.963 bits per heavy atom. The van der Waals surface area contributed by atoms with Gasteiger partial charge in [0.1, 0.15) is 5.75 Å². The third kappa shape index (κ3) is 3.92. The number of esters is 1. The van der Waals surface area contributed by atoms with Gasteiger partial charge in [0.15, 0.2) is 6.10 Å². The molecule has 0 spiro atoms. The lowest BCUT2D eigenvalue weighted by Crippen LogP contribution is -2.30. The molecule has 138 valence electrons. The maximum atomic E-state index is 12.6. The van der Waals surface area contributed by atoms with E-state index in [1.54, 1.807) is 32.0 Å². The largest absolute Gasteiger partial charge is 0.480 e. The van der Waals surface area contributed by atoms with E-state index in [4.69, 9.17) is 9.47 Å². The van der Waals surface area contributed by atoms with Crippen LogP contribution in [0.15, 0.2) is 60.7 Å². The van der Waals surface area contributed by atoms with E-state index in [1.165, 1.54) is 7.11 Å². The minimum atomic E-state index is -0.711. The summed E-state index contributed by atoms with van der Waals surface area (Å²) in [6.45, 7) is 3.45. The number of nitrogens with one attached hydrogen (secondary N) is 1. The maximum absolute atomic E-state index is 12.6. The number of hydrogen-bond donors (Lipinski definition) is 1. The molecule has 0 aliphatic heterocycles. The van der Waals surface area contributed by atoms with Gasteiger partial charge in [-0.3, -0.25) is 4.79 Å². The van der Waals surface area contributed by atoms with Crippen molar-refractivity contribution in [3.05, 3.63) is 71.8 Å². The van der Waals surface area contributed by atoms with Crippen LogP contribution in [0.25, 0.3) is 10.8 Å². The Morgan fingerprint density at radius 2 is 1.67 bits per heavy atom. The summed E-state index contributed by atoms with van der Waals surface area (Å²) in [7, 11) is 1.33. The molecule has 0 unspecified atom stereocenters. The van der Waals surface area contributed by atoms with Gasteiger partial charge in [-0.2, -0.15) is 0 Å². The molecule has 0 saturated heterocycles. The fourth-order valence-electron chi connectivity index (χ4n) is 2.88. The van der Waals surface area contributed by atoms with E-state index >= 15 is 0 Å². The number of amides is 1. The zero-order chi connectivity index (χ0) is 19.4. The predicted octanol–water partition coefficient (Wildman–Crippen LogP) is 4.34. The topological polar surface area (TPSA) is 64.6 Å². The van der Waals surface area contributed by atoms with Crippen LogP contribution < -0.4 is 10.1 Å². The summed E-state index contributed by atoms with van der Waals surface area (Å²) >= 11 is 0. The summed E-state index contributed by atoms with van der Waals surface area (Å²) in [5.41, 5.74) is 1.62. The average Bonchev–Trinajstić information content (AvgIpc) is 2.69. The molecule has 0 radical (unpaired) electrons. The fourth-order valence-corrected chi connectivity index (χ4v) is 2.88. The van der Waals surface area contributed by atoms with Crippen LogP contribution in [0.4, 0.5) is 5.69 Å². The number of carbonyl (C=O) groups is 2. The Hall–Kier alpha value is -3.34. The SMILES string of the molecule is COC(=O)c1cccc(NC(=O)[C@H](C)Oc2cccc3ccccc23)c1C. The molecule has 5 heteroatoms. The van der Waals surface area contributed by atoms with E-state index in [9.17, 15) is 9.59 Å². The van der Waals surface area contributed by atoms with Gasteiger partial charge in [-0.1, -0.05) is 42.5 Å². The highest BCUT2D eigenvalue weighted by Gasteiger charge is 2.19. The average molecular weight is 363 g/mol. The van der Waals surface area contributed by atoms with Gasteiger partial charge in [0.25, 0.3) is 5.91 Å². The summed E-state index contributed by atoms with van der Waals surface area (Å²) < 4.78 is 10.7. The van der Waals surface area contributed by atoms with E-state index in [2.05, 4.69) is 5.32 Å². The highest BCUT2D eigenvalue weighted by molar-refractivity contribution is 5.98. The zero-order valence-corrected chi connectivity index (χ0v) is 15.5. The van der Waals surface area contributed by atoms with Gasteiger partial charge in [0, 0.05) is 11.1 Å². The van der Waals surface area contributed by atoms with Gasteiger partial charge < -0.3 is 14.8 Å². The number of methoxy groups -OCH3 is 1. The Morgan fingerprint density at radius 3 is 2.44 bits per heavy atom. The quantitative estimate of drug-likeness (QED) is 0.685. The molecule has 0 heterocycles. The van der Waals surface area contributed by atoms with Gasteiger partial charge in [0.05, 0.1) is 12.7 Å². The van der Waals surface area contributed by atoms with Crippen molar-refractivity contribution in [1.82, 2.24) is 0 Å². The molecule has 1 N–H and O–H groups in total. The first kappa shape index (κ1) is 18.5. The second kappa shape index (κ2) is 7.91. The molecule has 0 saturated carbocycles. The van der Waals surface area contributed by atoms with Crippen LogP contribution in [0.3, 0.4) is 0 Å². The minimum absolute atomic E-state index is 0.298. The van der Waals surface area contributed by atoms with Crippen molar-refractivity contribution < 1.29 is 19.1 Å². The number of ether oxygens (including phenoxy) is 2. The van der Waals surface area contributed by atoms with E-state index in [1.807, 2.05) is 42.5 Å². The summed E-state index contributed by atoms with van der Waals surface area (Å²) in [5, 5.41) is 4.82. The normalized spacial score (nSPS) is 11.7. The number of fused-ring (bicyclic) bond motifs is 1. The van der Waals surface area contributed by atoms with Gasteiger partial charge in [-0.05, 0) is 43.0 Å². The number of hydrogen-bond acceptors (Lipinski definition) is 4. The Bertz CT molecular complexity index is 991. The van der Waals surface area contributed by atoms with Gasteiger partial charge in [0.2, 0.25) is 0 Å². The maximum Gasteiger partial charge on any atom is 0.338 e. The van der Waals surface area contributed by atoms with Crippen molar-refractivity contribution in [2.45, 2.75) is 20.0 Å². The molecule has 3 aromatic rings. The van der Waals surface area contributed by atoms with Crippen LogP contribution in [-0.2, 0) is 9.53 Å². The number of benzene rings is 3. The molecule has 0 aliphatic rings. The van der Waals surface area contributed by atoms with Crippen molar-refractivity contribution in [1.29, 1.82) is 0 Å². The third-order valence-corrected chi connectivity index (χ3v) is 4.42. The fraction of sp³-hybridized carbons (Fsp3) is 0.182. The van der Waals surface area contributed by atoms with Crippen LogP contribution in [0.1, 0.15) is 22.8 Å². The second-order valence-corrected chi connectivity index (χ2v) is 6.20. The highest BCUT2D eigenvalue weighted by Crippen LogP contribution is 2.26. The molecule has 0 aromatic heterocycles. The lowest BCUT2D eigenvalue weighted by molar-refractivity contribution is -0.122. The molecule has 5 nitrogen and oxygen atoms in total. The van der Waals surface area contributed by atoms with Crippen molar-refractivity contribution >= 4 is 28.3 Å². The lowest BCUT2D eigenvalue weighted by atomic mass is 10.1. The first-order valence-corrected chi connectivity index (χ1v) is 8.64. The molecule has 27 heavy (non-hydrogen) atoms. The molecule has 0 fully saturated rings. The Balaban J connectivity index is 1.78. The summed E-state index contributed by atoms with van der Waals surface area (Å²) in [6.07, 6.45) is -0.711. The molecular weight excluding hydrogens is 342 g/mol. The Labute approximate surface area is 157 Å². The summed E-state index contributed by atoms with van der Waals surface area (Å²) in [5.74, 6) is -0.0903. The predicted molar refractivity (Wildman–Crippen MR) is 105 cm³/mol. The molecule has 1 atom stereocenters. The van der Waals surface area contributed by atoms with E-state index in [0.717, 1.165) is 10.8 Å². The highest BCUT2D eigenvalue weighted by atomic mass is 16.5. The molecular formula is C22H21NO4. The van der Waals surface area contributed by atoms with Crippen LogP contribution in [0.5, 0.6) is 5.75 Å². The van der Waals surface area contributed by atoms with Crippen molar-refractivity contribution in [3.8, 4) is 5.75 Å². The van der Waals surface area contributed by atoms with Crippen molar-refractivity contribution in [2.24, 2.45) is 0 Å². The van der Waals surface area contributed by atoms with Crippen LogP contribution in [0, 0.1) is 6.92 Å². The number of rotatable bonds is 5. The second-order valence-electron chi connectivity index (χ2n) is 6.20. The lowest BCUT2D eigenvalue weighted by Gasteiger charge is -2.17. The molecule has 3 rings (SSSR count). The molecule has 0 bridgehead atoms. The zero-order valence-electron chi connectivity index (χ0n) is 15.5. The Kier molecular flexibility index (Phi) is 5.41. The van der Waals surface area contributed by atoms with Crippen LogP contribution >= 0.6 is 0 Å². The van der Waals surface area contributed by atoms with Crippen LogP contribution in [-0.4, -0.2) is 25.1 Å². The molecule has 3 aromatic carbocycles. The third-order valence-electron chi connectivity index (χ3n) is 4.42. The van der Waals surface area contributed by atoms with Crippen molar-refractivity contribution in [2.75, 3.05) is 12.4 Å². The minimum Gasteiger partial charge on any atom is -0.480 e. The summed E-state index contributed by atoms with van der Waals surface area (Å²) in [4.78, 5) is 24.4. The summed E-state index contributed by atoms with van der Waals surface area (Å²) in [6, 6.07) is 18.7. The van der Waals surface area contributed by atoms with Crippen molar-refractivity contribution in [3.63, 3.8) is 0 Å². The van der Waals surface area contributed by atoms with Gasteiger partial charge >= 0.3 is 5.97 Å². The van der Waals surface area contributed by atoms with Crippen LogP contribution in [0.2, 0.25) is 0 Å². The van der Waals surface area contributed by atoms with E-state index < -0.39 is 12.1 Å². The molecule has 0 aliphatic carbocycles. The first-order valence-electron chi connectivity index (χ1n) is 8.64. The smallest absolute Gasteiger partial charge is 0.338 e.